The lowest BCUT2D eigenvalue weighted by atomic mass is 10.0. The third kappa shape index (κ3) is 9.85. The maximum absolute atomic E-state index is 11.6. The lowest BCUT2D eigenvalue weighted by molar-refractivity contribution is 0.0437. The van der Waals surface area contributed by atoms with Crippen molar-refractivity contribution in [3.8, 4) is 0 Å². The number of ether oxygens (including phenoxy) is 1. The maximum Gasteiger partial charge on any atom is 0.407 e. The van der Waals surface area contributed by atoms with E-state index in [0.717, 1.165) is 0 Å². The number of guanidine groups is 1. The van der Waals surface area contributed by atoms with E-state index in [9.17, 15) is 9.90 Å². The smallest absolute Gasteiger partial charge is 0.407 e. The maximum atomic E-state index is 11.6. The summed E-state index contributed by atoms with van der Waals surface area (Å²) in [7, 11) is 0. The predicted molar refractivity (Wildman–Crippen MR) is 112 cm³/mol. The van der Waals surface area contributed by atoms with E-state index in [1.54, 1.807) is 19.1 Å². The van der Waals surface area contributed by atoms with Gasteiger partial charge in [-0.1, -0.05) is 0 Å². The Balaban J connectivity index is 0.00000625. The molecule has 4 N–H and O–H groups in total. The van der Waals surface area contributed by atoms with Crippen LogP contribution < -0.4 is 16.0 Å². The molecule has 9 heteroatoms. The number of aliphatic imine (C=N–C) groups is 1. The summed E-state index contributed by atoms with van der Waals surface area (Å²) in [5.41, 5.74) is -1.72. The Labute approximate surface area is 172 Å². The second kappa shape index (κ2) is 11.3. The number of halogens is 1. The molecule has 8 nitrogen and oxygen atoms in total. The van der Waals surface area contributed by atoms with Crippen LogP contribution in [0.15, 0.2) is 27.8 Å². The van der Waals surface area contributed by atoms with Gasteiger partial charge in [-0.3, -0.25) is 0 Å². The molecular weight excluding hydrogens is 451 g/mol. The molecule has 0 radical (unpaired) electrons. The number of carbonyl (C=O) groups excluding carboxylic acids is 1. The number of carbonyl (C=O) groups is 1. The van der Waals surface area contributed by atoms with Crippen molar-refractivity contribution in [1.82, 2.24) is 16.0 Å². The van der Waals surface area contributed by atoms with Crippen molar-refractivity contribution in [3.63, 3.8) is 0 Å². The number of hydrogen-bond acceptors (Lipinski definition) is 5. The summed E-state index contributed by atoms with van der Waals surface area (Å²) in [6, 6.07) is 3.43. The fraction of sp³-hybridized carbons (Fsp3) is 0.647. The molecule has 0 spiro atoms. The summed E-state index contributed by atoms with van der Waals surface area (Å²) in [6.07, 6.45) is 1.05. The van der Waals surface area contributed by atoms with Crippen molar-refractivity contribution in [1.29, 1.82) is 0 Å². The van der Waals surface area contributed by atoms with Crippen LogP contribution in [-0.4, -0.2) is 48.9 Å². The number of amides is 1. The molecule has 0 aliphatic carbocycles. The van der Waals surface area contributed by atoms with Gasteiger partial charge in [0.2, 0.25) is 0 Å². The quantitative estimate of drug-likeness (QED) is 0.206. The summed E-state index contributed by atoms with van der Waals surface area (Å²) in [4.78, 5) is 15.9. The van der Waals surface area contributed by atoms with E-state index >= 15 is 0 Å². The van der Waals surface area contributed by atoms with Crippen LogP contribution in [0.1, 0.15) is 40.4 Å². The molecule has 0 aromatic carbocycles. The van der Waals surface area contributed by atoms with Gasteiger partial charge in [0, 0.05) is 19.6 Å². The molecule has 0 saturated carbocycles. The zero-order chi connectivity index (χ0) is 18.9. The highest BCUT2D eigenvalue weighted by Gasteiger charge is 2.26. The van der Waals surface area contributed by atoms with Crippen molar-refractivity contribution in [3.05, 3.63) is 24.2 Å². The van der Waals surface area contributed by atoms with E-state index < -0.39 is 17.3 Å². The molecule has 0 fully saturated rings. The van der Waals surface area contributed by atoms with Crippen LogP contribution in [0.3, 0.4) is 0 Å². The second-order valence-electron chi connectivity index (χ2n) is 6.80. The van der Waals surface area contributed by atoms with E-state index in [1.165, 1.54) is 6.26 Å². The number of nitrogens with one attached hydrogen (secondary N) is 3. The van der Waals surface area contributed by atoms with Gasteiger partial charge < -0.3 is 30.2 Å². The Morgan fingerprint density at radius 2 is 1.88 bits per heavy atom. The molecule has 150 valence electrons. The average molecular weight is 482 g/mol. The number of alkyl carbamates (subject to hydrolysis) is 1. The molecule has 1 aromatic heterocycles. The zero-order valence-corrected chi connectivity index (χ0v) is 18.4. The van der Waals surface area contributed by atoms with E-state index in [2.05, 4.69) is 20.9 Å². The van der Waals surface area contributed by atoms with Crippen LogP contribution in [0.2, 0.25) is 0 Å². The standard InChI is InChI=1S/C17H30N4O4.HI/c1-6-18-14(19-9-10-20-15(22)25-16(2,3)4)21-12-17(5,23)13-8-7-11-24-13;/h7-8,11,23H,6,9-10,12H2,1-5H3,(H,20,22)(H2,18,19,21);1H. The number of furan rings is 1. The Kier molecular flexibility index (Phi) is 10.6. The first-order chi connectivity index (χ1) is 11.6. The molecule has 1 atom stereocenters. The van der Waals surface area contributed by atoms with Gasteiger partial charge in [-0.05, 0) is 46.8 Å². The van der Waals surface area contributed by atoms with E-state index in [-0.39, 0.29) is 30.5 Å². The van der Waals surface area contributed by atoms with Crippen molar-refractivity contribution >= 4 is 36.0 Å². The van der Waals surface area contributed by atoms with Crippen LogP contribution in [0, 0.1) is 0 Å². The van der Waals surface area contributed by atoms with Crippen molar-refractivity contribution in [2.75, 3.05) is 26.2 Å². The minimum absolute atomic E-state index is 0. The Morgan fingerprint density at radius 3 is 2.42 bits per heavy atom. The van der Waals surface area contributed by atoms with Crippen LogP contribution in [0.5, 0.6) is 0 Å². The van der Waals surface area contributed by atoms with Gasteiger partial charge in [-0.2, -0.15) is 0 Å². The topological polar surface area (TPSA) is 108 Å². The molecule has 1 rings (SSSR count). The van der Waals surface area contributed by atoms with Crippen LogP contribution in [0.4, 0.5) is 4.79 Å². The first-order valence-corrected chi connectivity index (χ1v) is 8.39. The summed E-state index contributed by atoms with van der Waals surface area (Å²) >= 11 is 0. The van der Waals surface area contributed by atoms with Gasteiger partial charge in [0.25, 0.3) is 0 Å². The predicted octanol–water partition coefficient (Wildman–Crippen LogP) is 2.18. The van der Waals surface area contributed by atoms with E-state index in [1.807, 2.05) is 27.7 Å². The molecule has 1 aromatic rings. The highest BCUT2D eigenvalue weighted by Crippen LogP contribution is 2.20. The molecule has 0 bridgehead atoms. The molecular formula is C17H31IN4O4. The van der Waals surface area contributed by atoms with Crippen LogP contribution >= 0.6 is 24.0 Å². The van der Waals surface area contributed by atoms with Crippen LogP contribution in [0.25, 0.3) is 0 Å². The van der Waals surface area contributed by atoms with E-state index in [4.69, 9.17) is 9.15 Å². The third-order valence-corrected chi connectivity index (χ3v) is 3.03. The molecule has 26 heavy (non-hydrogen) atoms. The first-order valence-electron chi connectivity index (χ1n) is 8.39. The minimum atomic E-state index is -1.19. The van der Waals surface area contributed by atoms with Gasteiger partial charge in [-0.15, -0.1) is 24.0 Å². The summed E-state index contributed by atoms with van der Waals surface area (Å²) in [6.45, 7) is 10.7. The SMILES string of the molecule is CCNC(=NCC(C)(O)c1ccco1)NCCNC(=O)OC(C)(C)C.I. The van der Waals surface area contributed by atoms with Gasteiger partial charge in [0.05, 0.1) is 12.8 Å². The summed E-state index contributed by atoms with van der Waals surface area (Å²) in [5.74, 6) is 0.999. The third-order valence-electron chi connectivity index (χ3n) is 3.03. The fourth-order valence-electron chi connectivity index (χ4n) is 1.90. The largest absolute Gasteiger partial charge is 0.466 e. The Hall–Kier alpha value is -1.49. The highest BCUT2D eigenvalue weighted by molar-refractivity contribution is 14.0. The Bertz CT molecular complexity index is 554. The van der Waals surface area contributed by atoms with Crippen molar-refractivity contribution < 1.29 is 19.1 Å². The number of hydrogen-bond donors (Lipinski definition) is 4. The van der Waals surface area contributed by atoms with Crippen molar-refractivity contribution in [2.45, 2.75) is 45.8 Å². The highest BCUT2D eigenvalue weighted by atomic mass is 127. The van der Waals surface area contributed by atoms with Gasteiger partial charge >= 0.3 is 6.09 Å². The lowest BCUT2D eigenvalue weighted by Crippen LogP contribution is -2.43. The molecule has 1 amide bonds. The van der Waals surface area contributed by atoms with Crippen molar-refractivity contribution in [2.24, 2.45) is 4.99 Å². The molecule has 0 aliphatic heterocycles. The van der Waals surface area contributed by atoms with Gasteiger partial charge in [0.1, 0.15) is 17.0 Å². The van der Waals surface area contributed by atoms with Crippen LogP contribution in [-0.2, 0) is 10.3 Å². The first kappa shape index (κ1) is 24.5. The average Bonchev–Trinajstić information content (AvgIpc) is 3.02. The van der Waals surface area contributed by atoms with Gasteiger partial charge in [0.15, 0.2) is 5.96 Å². The molecule has 1 heterocycles. The molecule has 1 unspecified atom stereocenters. The Morgan fingerprint density at radius 1 is 1.23 bits per heavy atom. The number of rotatable bonds is 7. The molecule has 0 saturated heterocycles. The number of aliphatic hydroxyl groups is 1. The second-order valence-corrected chi connectivity index (χ2v) is 6.80. The minimum Gasteiger partial charge on any atom is -0.466 e. The molecule has 0 aliphatic rings. The summed E-state index contributed by atoms with van der Waals surface area (Å²) < 4.78 is 10.4. The lowest BCUT2D eigenvalue weighted by Gasteiger charge is -2.20. The fourth-order valence-corrected chi connectivity index (χ4v) is 1.90. The number of nitrogens with zero attached hydrogens (tertiary/aromatic N) is 1. The zero-order valence-electron chi connectivity index (χ0n) is 16.1. The van der Waals surface area contributed by atoms with Gasteiger partial charge in [-0.25, -0.2) is 9.79 Å². The normalized spacial score (nSPS) is 14.0. The monoisotopic (exact) mass is 482 g/mol. The summed E-state index contributed by atoms with van der Waals surface area (Å²) in [5, 5.41) is 19.2. The van der Waals surface area contributed by atoms with E-state index in [0.29, 0.717) is 31.4 Å².